The highest BCUT2D eigenvalue weighted by Gasteiger charge is 2.38. The van der Waals surface area contributed by atoms with Crippen molar-refractivity contribution >= 4 is 11.9 Å². The third-order valence-electron chi connectivity index (χ3n) is 4.98. The van der Waals surface area contributed by atoms with Crippen molar-refractivity contribution in [1.82, 2.24) is 4.90 Å². The summed E-state index contributed by atoms with van der Waals surface area (Å²) >= 11 is 0. The minimum atomic E-state index is -0.840. The van der Waals surface area contributed by atoms with Crippen LogP contribution in [0.2, 0.25) is 0 Å². The van der Waals surface area contributed by atoms with Gasteiger partial charge in [-0.15, -0.1) is 0 Å². The molecule has 1 saturated carbocycles. The molecule has 1 aliphatic carbocycles. The van der Waals surface area contributed by atoms with Crippen LogP contribution in [0.3, 0.4) is 0 Å². The van der Waals surface area contributed by atoms with Crippen molar-refractivity contribution in [2.45, 2.75) is 70.8 Å². The summed E-state index contributed by atoms with van der Waals surface area (Å²) in [5.41, 5.74) is 0. The van der Waals surface area contributed by atoms with Crippen molar-refractivity contribution in [1.29, 1.82) is 0 Å². The summed E-state index contributed by atoms with van der Waals surface area (Å²) in [4.78, 5) is 25.3. The summed E-state index contributed by atoms with van der Waals surface area (Å²) in [5, 5.41) is 9.18. The van der Waals surface area contributed by atoms with Crippen LogP contribution >= 0.6 is 0 Å². The first-order valence-electron chi connectivity index (χ1n) is 8.16. The van der Waals surface area contributed by atoms with Gasteiger partial charge in [-0.05, 0) is 44.4 Å². The number of unbranched alkanes of at least 4 members (excludes halogenated alkanes) is 1. The summed E-state index contributed by atoms with van der Waals surface area (Å²) < 4.78 is 0. The largest absolute Gasteiger partial charge is 0.480 e. The van der Waals surface area contributed by atoms with Gasteiger partial charge in [-0.3, -0.25) is 4.79 Å². The van der Waals surface area contributed by atoms with Crippen molar-refractivity contribution in [3.8, 4) is 0 Å². The molecule has 0 radical (unpaired) electrons. The molecule has 2 fully saturated rings. The van der Waals surface area contributed by atoms with Gasteiger partial charge in [0.15, 0.2) is 0 Å². The number of likely N-dealkylation sites (tertiary alicyclic amines) is 1. The number of amides is 1. The first-order valence-corrected chi connectivity index (χ1v) is 8.16. The second kappa shape index (κ2) is 7.09. The fourth-order valence-corrected chi connectivity index (χ4v) is 3.71. The van der Waals surface area contributed by atoms with Gasteiger partial charge in [0.1, 0.15) is 6.04 Å². The lowest BCUT2D eigenvalue weighted by molar-refractivity contribution is -0.150. The predicted molar refractivity (Wildman–Crippen MR) is 77.3 cm³/mol. The van der Waals surface area contributed by atoms with Crippen LogP contribution in [-0.4, -0.2) is 34.5 Å². The minimum Gasteiger partial charge on any atom is -0.480 e. The average molecular weight is 281 g/mol. The SMILES string of the molecule is CCCCC1CCC(C(=O)N2CCC[C@@H]2C(=O)O)CC1. The quantitative estimate of drug-likeness (QED) is 0.842. The molecule has 1 atom stereocenters. The number of hydrogen-bond acceptors (Lipinski definition) is 2. The van der Waals surface area contributed by atoms with Gasteiger partial charge in [-0.25, -0.2) is 4.79 Å². The molecule has 4 heteroatoms. The number of hydrogen-bond donors (Lipinski definition) is 1. The average Bonchev–Trinajstić information content (AvgIpc) is 2.94. The molecule has 1 heterocycles. The smallest absolute Gasteiger partial charge is 0.326 e. The van der Waals surface area contributed by atoms with Gasteiger partial charge in [0.05, 0.1) is 0 Å². The topological polar surface area (TPSA) is 57.6 Å². The maximum Gasteiger partial charge on any atom is 0.326 e. The molecule has 1 amide bonds. The molecule has 1 N–H and O–H groups in total. The van der Waals surface area contributed by atoms with Crippen LogP contribution < -0.4 is 0 Å². The van der Waals surface area contributed by atoms with Crippen molar-refractivity contribution in [2.75, 3.05) is 6.54 Å². The molecule has 0 aromatic carbocycles. The molecule has 1 saturated heterocycles. The standard InChI is InChI=1S/C16H27NO3/c1-2-3-5-12-7-9-13(10-8-12)15(18)17-11-4-6-14(17)16(19)20/h12-14H,2-11H2,1H3,(H,19,20)/t12?,13?,14-/m1/s1. The zero-order chi connectivity index (χ0) is 14.5. The Morgan fingerprint density at radius 1 is 1.15 bits per heavy atom. The molecule has 20 heavy (non-hydrogen) atoms. The Balaban J connectivity index is 1.84. The van der Waals surface area contributed by atoms with Crippen LogP contribution in [0.1, 0.15) is 64.7 Å². The summed E-state index contributed by atoms with van der Waals surface area (Å²) in [7, 11) is 0. The first-order chi connectivity index (χ1) is 9.63. The van der Waals surface area contributed by atoms with Crippen LogP contribution in [-0.2, 0) is 9.59 Å². The third-order valence-corrected chi connectivity index (χ3v) is 4.98. The van der Waals surface area contributed by atoms with Crippen LogP contribution in [0.5, 0.6) is 0 Å². The lowest BCUT2D eigenvalue weighted by atomic mass is 9.79. The van der Waals surface area contributed by atoms with E-state index in [4.69, 9.17) is 0 Å². The first kappa shape index (κ1) is 15.3. The zero-order valence-electron chi connectivity index (χ0n) is 12.5. The number of aliphatic carboxylic acids is 1. The normalized spacial score (nSPS) is 30.4. The zero-order valence-corrected chi connectivity index (χ0v) is 12.5. The van der Waals surface area contributed by atoms with Crippen LogP contribution in [0.15, 0.2) is 0 Å². The summed E-state index contributed by atoms with van der Waals surface area (Å²) in [6.07, 6.45) is 9.46. The van der Waals surface area contributed by atoms with E-state index in [1.165, 1.54) is 19.3 Å². The van der Waals surface area contributed by atoms with Gasteiger partial charge in [-0.2, -0.15) is 0 Å². The Morgan fingerprint density at radius 3 is 2.45 bits per heavy atom. The molecule has 0 aromatic heterocycles. The number of carbonyl (C=O) groups excluding carboxylic acids is 1. The number of rotatable bonds is 5. The summed E-state index contributed by atoms with van der Waals surface area (Å²) in [5.74, 6) is 0.122. The summed E-state index contributed by atoms with van der Waals surface area (Å²) in [6, 6.07) is -0.569. The van der Waals surface area contributed by atoms with Crippen LogP contribution in [0, 0.1) is 11.8 Å². The molecule has 2 aliphatic rings. The molecular weight excluding hydrogens is 254 g/mol. The molecule has 0 unspecified atom stereocenters. The minimum absolute atomic E-state index is 0.0767. The van der Waals surface area contributed by atoms with Crippen LogP contribution in [0.25, 0.3) is 0 Å². The van der Waals surface area contributed by atoms with Gasteiger partial charge in [0.25, 0.3) is 0 Å². The number of carboxylic acids is 1. The molecule has 0 bridgehead atoms. The van der Waals surface area contributed by atoms with E-state index in [-0.39, 0.29) is 11.8 Å². The molecule has 114 valence electrons. The van der Waals surface area contributed by atoms with Gasteiger partial charge < -0.3 is 10.0 Å². The lowest BCUT2D eigenvalue weighted by Crippen LogP contribution is -2.44. The van der Waals surface area contributed by atoms with Crippen molar-refractivity contribution in [3.63, 3.8) is 0 Å². The molecule has 0 aromatic rings. The lowest BCUT2D eigenvalue weighted by Gasteiger charge is -2.32. The Morgan fingerprint density at radius 2 is 1.85 bits per heavy atom. The van der Waals surface area contributed by atoms with E-state index >= 15 is 0 Å². The highest BCUT2D eigenvalue weighted by Crippen LogP contribution is 2.34. The Kier molecular flexibility index (Phi) is 5.44. The Bertz CT molecular complexity index is 348. The predicted octanol–water partition coefficient (Wildman–Crippen LogP) is 3.06. The second-order valence-electron chi connectivity index (χ2n) is 6.39. The monoisotopic (exact) mass is 281 g/mol. The van der Waals surface area contributed by atoms with E-state index in [9.17, 15) is 14.7 Å². The van der Waals surface area contributed by atoms with Crippen molar-refractivity contribution in [2.24, 2.45) is 11.8 Å². The Hall–Kier alpha value is -1.06. The van der Waals surface area contributed by atoms with Crippen LogP contribution in [0.4, 0.5) is 0 Å². The second-order valence-corrected chi connectivity index (χ2v) is 6.39. The number of nitrogens with zero attached hydrogens (tertiary/aromatic N) is 1. The number of carbonyl (C=O) groups is 2. The number of carboxylic acid groups (broad SMARTS) is 1. The van der Waals surface area contributed by atoms with E-state index in [0.29, 0.717) is 13.0 Å². The highest BCUT2D eigenvalue weighted by molar-refractivity contribution is 5.85. The molecule has 2 rings (SSSR count). The van der Waals surface area contributed by atoms with Gasteiger partial charge >= 0.3 is 5.97 Å². The summed E-state index contributed by atoms with van der Waals surface area (Å²) in [6.45, 7) is 2.85. The molecule has 1 aliphatic heterocycles. The fourth-order valence-electron chi connectivity index (χ4n) is 3.71. The van der Waals surface area contributed by atoms with E-state index in [0.717, 1.165) is 38.0 Å². The maximum absolute atomic E-state index is 12.5. The van der Waals surface area contributed by atoms with E-state index in [2.05, 4.69) is 6.92 Å². The highest BCUT2D eigenvalue weighted by atomic mass is 16.4. The van der Waals surface area contributed by atoms with E-state index in [1.54, 1.807) is 4.90 Å². The van der Waals surface area contributed by atoms with Gasteiger partial charge in [-0.1, -0.05) is 26.2 Å². The molecule has 4 nitrogen and oxygen atoms in total. The van der Waals surface area contributed by atoms with E-state index in [1.807, 2.05) is 0 Å². The van der Waals surface area contributed by atoms with Crippen molar-refractivity contribution < 1.29 is 14.7 Å². The molecule has 0 spiro atoms. The maximum atomic E-state index is 12.5. The Labute approximate surface area is 121 Å². The third kappa shape index (κ3) is 3.53. The van der Waals surface area contributed by atoms with Gasteiger partial charge in [0, 0.05) is 12.5 Å². The fraction of sp³-hybridized carbons (Fsp3) is 0.875. The van der Waals surface area contributed by atoms with Crippen molar-refractivity contribution in [3.05, 3.63) is 0 Å². The van der Waals surface area contributed by atoms with E-state index < -0.39 is 12.0 Å². The van der Waals surface area contributed by atoms with Gasteiger partial charge in [0.2, 0.25) is 5.91 Å². The molecular formula is C16H27NO3.